The lowest BCUT2D eigenvalue weighted by atomic mass is 9.73. The lowest BCUT2D eigenvalue weighted by Gasteiger charge is -2.37. The molecule has 1 aliphatic carbocycles. The minimum absolute atomic E-state index is 0.257. The highest BCUT2D eigenvalue weighted by molar-refractivity contribution is 6.45. The molecular weight excluding hydrogens is 359 g/mol. The molecule has 0 radical (unpaired) electrons. The van der Waals surface area contributed by atoms with Gasteiger partial charge in [0, 0.05) is 17.7 Å². The zero-order valence-corrected chi connectivity index (χ0v) is 17.3. The fourth-order valence-electron chi connectivity index (χ4n) is 4.69. The minimum atomic E-state index is -0.375. The Morgan fingerprint density at radius 1 is 1.21 bits per heavy atom. The molecule has 1 aromatic heterocycles. The molecule has 1 aliphatic heterocycles. The zero-order chi connectivity index (χ0) is 20.2. The molecule has 1 atom stereocenters. The Labute approximate surface area is 174 Å². The van der Waals surface area contributed by atoms with E-state index >= 15 is 0 Å². The van der Waals surface area contributed by atoms with Crippen LogP contribution in [0, 0.1) is 5.92 Å². The largest absolute Gasteiger partial charge is 0.501 e. The van der Waals surface area contributed by atoms with Gasteiger partial charge in [-0.05, 0) is 80.5 Å². The Morgan fingerprint density at radius 3 is 2.76 bits per heavy atom. The van der Waals surface area contributed by atoms with Crippen molar-refractivity contribution in [3.8, 4) is 0 Å². The molecule has 150 valence electrons. The Bertz CT molecular complexity index is 901. The summed E-state index contributed by atoms with van der Waals surface area (Å²) in [7, 11) is -0.375. The van der Waals surface area contributed by atoms with Gasteiger partial charge in [-0.3, -0.25) is 4.98 Å². The second-order valence-electron chi connectivity index (χ2n) is 7.91. The predicted octanol–water partition coefficient (Wildman–Crippen LogP) is 4.44. The molecule has 29 heavy (non-hydrogen) atoms. The molecular formula is C24H29BN2O2. The third kappa shape index (κ3) is 4.17. The van der Waals surface area contributed by atoms with Crippen molar-refractivity contribution in [2.45, 2.75) is 32.5 Å². The average molecular weight is 388 g/mol. The summed E-state index contributed by atoms with van der Waals surface area (Å²) in [4.78, 5) is 7.05. The van der Waals surface area contributed by atoms with E-state index in [1.807, 2.05) is 26.0 Å². The smallest absolute Gasteiger partial charge is 0.376 e. The van der Waals surface area contributed by atoms with Crippen LogP contribution in [0.15, 0.2) is 54.9 Å². The van der Waals surface area contributed by atoms with Gasteiger partial charge in [0.15, 0.2) is 0 Å². The number of hydrogen-bond donors (Lipinski definition) is 1. The molecule has 0 amide bonds. The van der Waals surface area contributed by atoms with Gasteiger partial charge < -0.3 is 14.6 Å². The fourth-order valence-corrected chi connectivity index (χ4v) is 4.69. The van der Waals surface area contributed by atoms with Gasteiger partial charge in [-0.1, -0.05) is 30.3 Å². The molecule has 1 unspecified atom stereocenters. The van der Waals surface area contributed by atoms with Crippen LogP contribution in [-0.2, 0) is 4.74 Å². The molecule has 2 aromatic rings. The summed E-state index contributed by atoms with van der Waals surface area (Å²) in [6.45, 7) is 6.36. The van der Waals surface area contributed by atoms with E-state index in [0.29, 0.717) is 12.5 Å². The first-order valence-electron chi connectivity index (χ1n) is 10.6. The summed E-state index contributed by atoms with van der Waals surface area (Å²) in [6.07, 6.45) is 10.1. The number of allylic oxidation sites excluding steroid dienone is 2. The Kier molecular flexibility index (Phi) is 6.17. The van der Waals surface area contributed by atoms with E-state index in [1.165, 1.54) is 16.7 Å². The third-order valence-electron chi connectivity index (χ3n) is 6.17. The van der Waals surface area contributed by atoms with E-state index in [0.717, 1.165) is 37.2 Å². The van der Waals surface area contributed by atoms with Gasteiger partial charge in [0.1, 0.15) is 0 Å². The molecule has 0 bridgehead atoms. The van der Waals surface area contributed by atoms with Crippen molar-refractivity contribution in [2.75, 3.05) is 19.7 Å². The van der Waals surface area contributed by atoms with E-state index < -0.39 is 0 Å². The number of pyridine rings is 1. The van der Waals surface area contributed by atoms with Crippen LogP contribution in [0.3, 0.4) is 0 Å². The summed E-state index contributed by atoms with van der Waals surface area (Å²) < 4.78 is 5.49. The Balaban J connectivity index is 1.77. The Hall–Kier alpha value is -2.37. The molecule has 1 N–H and O–H groups in total. The van der Waals surface area contributed by atoms with Gasteiger partial charge in [0.05, 0.1) is 18.6 Å². The second-order valence-corrected chi connectivity index (χ2v) is 7.91. The van der Waals surface area contributed by atoms with Gasteiger partial charge in [0.2, 0.25) is 0 Å². The number of ether oxygens (including phenoxy) is 1. The van der Waals surface area contributed by atoms with Crippen LogP contribution in [0.5, 0.6) is 0 Å². The van der Waals surface area contributed by atoms with Crippen molar-refractivity contribution >= 4 is 18.7 Å². The molecule has 1 aromatic carbocycles. The molecule has 1 saturated heterocycles. The summed E-state index contributed by atoms with van der Waals surface area (Å²) in [5, 5.41) is 9.96. The fraction of sp³-hybridized carbons (Fsp3) is 0.375. The highest BCUT2D eigenvalue weighted by Crippen LogP contribution is 2.44. The summed E-state index contributed by atoms with van der Waals surface area (Å²) in [5.41, 5.74) is 6.08. The monoisotopic (exact) mass is 388 g/mol. The molecule has 2 heterocycles. The number of aromatic nitrogens is 1. The predicted molar refractivity (Wildman–Crippen MR) is 119 cm³/mol. The SMILES string of the molecule is CCO/C=C/C1=Cc2ccccc2C(C2CCN(B(C)O)CC2)c2ncccc21. The van der Waals surface area contributed by atoms with Gasteiger partial charge in [-0.25, -0.2) is 0 Å². The van der Waals surface area contributed by atoms with E-state index in [2.05, 4.69) is 47.3 Å². The van der Waals surface area contributed by atoms with Crippen LogP contribution in [0.1, 0.15) is 48.1 Å². The maximum atomic E-state index is 9.96. The third-order valence-corrected chi connectivity index (χ3v) is 6.17. The van der Waals surface area contributed by atoms with E-state index in [4.69, 9.17) is 9.72 Å². The number of hydrogen-bond acceptors (Lipinski definition) is 4. The van der Waals surface area contributed by atoms with Crippen molar-refractivity contribution in [3.05, 3.63) is 77.3 Å². The molecule has 0 spiro atoms. The van der Waals surface area contributed by atoms with Crippen LogP contribution >= 0.6 is 0 Å². The van der Waals surface area contributed by atoms with Crippen LogP contribution in [-0.4, -0.2) is 41.6 Å². The first kappa shape index (κ1) is 19.9. The molecule has 5 heteroatoms. The van der Waals surface area contributed by atoms with Crippen molar-refractivity contribution in [1.82, 2.24) is 9.79 Å². The topological polar surface area (TPSA) is 45.6 Å². The number of nitrogens with zero attached hydrogens (tertiary/aromatic N) is 2. The number of benzene rings is 1. The molecule has 4 rings (SSSR count). The van der Waals surface area contributed by atoms with Crippen LogP contribution in [0.25, 0.3) is 11.6 Å². The lowest BCUT2D eigenvalue weighted by Crippen LogP contribution is -2.44. The molecule has 2 aliphatic rings. The maximum Gasteiger partial charge on any atom is 0.376 e. The van der Waals surface area contributed by atoms with Crippen molar-refractivity contribution in [2.24, 2.45) is 5.92 Å². The maximum absolute atomic E-state index is 9.96. The second kappa shape index (κ2) is 8.97. The van der Waals surface area contributed by atoms with Crippen molar-refractivity contribution in [3.63, 3.8) is 0 Å². The quantitative estimate of drug-likeness (QED) is 0.608. The normalized spacial score (nSPS) is 20.0. The first-order valence-corrected chi connectivity index (χ1v) is 10.6. The standard InChI is InChI=1S/C24H29BN2O2/c1-3-29-16-12-20-17-19-7-4-5-8-21(19)23(24-22(20)9-6-13-26-24)18-10-14-27(15-11-18)25(2)28/h4-9,12-13,16-18,23,28H,3,10-11,14-15H2,1-2H3/b16-12+. The summed E-state index contributed by atoms with van der Waals surface area (Å²) in [6, 6.07) is 12.9. The first-order chi connectivity index (χ1) is 14.2. The van der Waals surface area contributed by atoms with E-state index in [9.17, 15) is 5.02 Å². The van der Waals surface area contributed by atoms with E-state index in [-0.39, 0.29) is 13.0 Å². The minimum Gasteiger partial charge on any atom is -0.501 e. The number of fused-ring (bicyclic) bond motifs is 2. The van der Waals surface area contributed by atoms with Crippen molar-refractivity contribution in [1.29, 1.82) is 0 Å². The van der Waals surface area contributed by atoms with Gasteiger partial charge in [-0.2, -0.15) is 0 Å². The van der Waals surface area contributed by atoms with Crippen LogP contribution < -0.4 is 0 Å². The van der Waals surface area contributed by atoms with Gasteiger partial charge in [0.25, 0.3) is 0 Å². The summed E-state index contributed by atoms with van der Waals surface area (Å²) in [5.74, 6) is 0.760. The van der Waals surface area contributed by atoms with Crippen LogP contribution in [0.2, 0.25) is 6.82 Å². The molecule has 4 nitrogen and oxygen atoms in total. The lowest BCUT2D eigenvalue weighted by molar-refractivity contribution is 0.235. The van der Waals surface area contributed by atoms with Gasteiger partial charge in [-0.15, -0.1) is 0 Å². The number of rotatable bonds is 5. The van der Waals surface area contributed by atoms with Crippen molar-refractivity contribution < 1.29 is 9.76 Å². The highest BCUT2D eigenvalue weighted by atomic mass is 16.5. The molecule has 1 fully saturated rings. The zero-order valence-electron chi connectivity index (χ0n) is 17.3. The Morgan fingerprint density at radius 2 is 2.00 bits per heavy atom. The molecule has 0 saturated carbocycles. The highest BCUT2D eigenvalue weighted by Gasteiger charge is 2.35. The number of piperidine rings is 1. The van der Waals surface area contributed by atoms with Crippen LogP contribution in [0.4, 0.5) is 0 Å². The van der Waals surface area contributed by atoms with Gasteiger partial charge >= 0.3 is 7.05 Å². The van der Waals surface area contributed by atoms with E-state index in [1.54, 1.807) is 6.26 Å². The summed E-state index contributed by atoms with van der Waals surface area (Å²) >= 11 is 0. The average Bonchev–Trinajstić information content (AvgIpc) is 2.88.